The lowest BCUT2D eigenvalue weighted by Gasteiger charge is -2.10. The van der Waals surface area contributed by atoms with E-state index in [0.29, 0.717) is 32.7 Å². The molecule has 0 heterocycles. The summed E-state index contributed by atoms with van der Waals surface area (Å²) in [7, 11) is 0. The Hall–Kier alpha value is -2.54. The standard InChI is InChI=1S/C21H15BrCl2N2O3/c22-14-7-8-19(18(24)10-14)29-12-20(27)25-16-5-1-3-13(9-16)21(28)26-17-6-2-4-15(23)11-17/h1-11H,12H2,(H,25,27)(H,26,28). The summed E-state index contributed by atoms with van der Waals surface area (Å²) in [5, 5.41) is 6.37. The Morgan fingerprint density at radius 1 is 0.897 bits per heavy atom. The first-order chi connectivity index (χ1) is 13.9. The van der Waals surface area contributed by atoms with E-state index in [-0.39, 0.29) is 18.4 Å². The Morgan fingerprint density at radius 2 is 1.62 bits per heavy atom. The fraction of sp³-hybridized carbons (Fsp3) is 0.0476. The monoisotopic (exact) mass is 492 g/mol. The number of benzene rings is 3. The molecule has 0 saturated carbocycles. The van der Waals surface area contributed by atoms with Gasteiger partial charge < -0.3 is 15.4 Å². The van der Waals surface area contributed by atoms with Crippen molar-refractivity contribution in [2.45, 2.75) is 0 Å². The molecule has 0 saturated heterocycles. The molecular formula is C21H15BrCl2N2O3. The Balaban J connectivity index is 1.60. The average molecular weight is 494 g/mol. The van der Waals surface area contributed by atoms with E-state index in [1.165, 1.54) is 0 Å². The lowest BCUT2D eigenvalue weighted by molar-refractivity contribution is -0.118. The molecule has 0 aliphatic heterocycles. The van der Waals surface area contributed by atoms with Crippen molar-refractivity contribution >= 4 is 62.3 Å². The number of rotatable bonds is 6. The van der Waals surface area contributed by atoms with Crippen LogP contribution >= 0.6 is 39.1 Å². The van der Waals surface area contributed by atoms with Crippen LogP contribution in [0.25, 0.3) is 0 Å². The molecular weight excluding hydrogens is 479 g/mol. The maximum atomic E-state index is 12.4. The minimum absolute atomic E-state index is 0.222. The van der Waals surface area contributed by atoms with Crippen molar-refractivity contribution in [2.24, 2.45) is 0 Å². The molecule has 8 heteroatoms. The third-order valence-corrected chi connectivity index (χ3v) is 4.77. The van der Waals surface area contributed by atoms with Crippen LogP contribution in [0.3, 0.4) is 0 Å². The van der Waals surface area contributed by atoms with Gasteiger partial charge in [-0.15, -0.1) is 0 Å². The number of hydrogen-bond acceptors (Lipinski definition) is 3. The molecule has 0 spiro atoms. The second-order valence-electron chi connectivity index (χ2n) is 5.96. The van der Waals surface area contributed by atoms with Crippen LogP contribution < -0.4 is 15.4 Å². The number of carbonyl (C=O) groups is 2. The van der Waals surface area contributed by atoms with Gasteiger partial charge in [0.25, 0.3) is 11.8 Å². The highest BCUT2D eigenvalue weighted by Crippen LogP contribution is 2.27. The second-order valence-corrected chi connectivity index (χ2v) is 7.72. The van der Waals surface area contributed by atoms with Crippen molar-refractivity contribution in [2.75, 3.05) is 17.2 Å². The van der Waals surface area contributed by atoms with E-state index in [1.54, 1.807) is 66.7 Å². The summed E-state index contributed by atoms with van der Waals surface area (Å²) in [4.78, 5) is 24.6. The summed E-state index contributed by atoms with van der Waals surface area (Å²) in [6, 6.07) is 18.5. The second kappa shape index (κ2) is 9.78. The minimum atomic E-state index is -0.378. The van der Waals surface area contributed by atoms with Gasteiger partial charge in [0.2, 0.25) is 0 Å². The molecule has 0 atom stereocenters. The Kier molecular flexibility index (Phi) is 7.14. The Morgan fingerprint density at radius 3 is 2.34 bits per heavy atom. The first-order valence-corrected chi connectivity index (χ1v) is 10.0. The molecule has 3 aromatic carbocycles. The molecule has 0 aliphatic carbocycles. The number of hydrogen-bond donors (Lipinski definition) is 2. The third-order valence-electron chi connectivity index (χ3n) is 3.74. The van der Waals surface area contributed by atoms with E-state index in [4.69, 9.17) is 27.9 Å². The van der Waals surface area contributed by atoms with Gasteiger partial charge in [-0.3, -0.25) is 9.59 Å². The average Bonchev–Trinajstić information content (AvgIpc) is 2.67. The van der Waals surface area contributed by atoms with Gasteiger partial charge in [-0.1, -0.05) is 51.3 Å². The van der Waals surface area contributed by atoms with Crippen molar-refractivity contribution < 1.29 is 14.3 Å². The number of carbonyl (C=O) groups excluding carboxylic acids is 2. The van der Waals surface area contributed by atoms with Gasteiger partial charge in [-0.05, 0) is 54.6 Å². The number of anilines is 2. The lowest BCUT2D eigenvalue weighted by Crippen LogP contribution is -2.20. The molecule has 0 aliphatic rings. The van der Waals surface area contributed by atoms with Crippen molar-refractivity contribution in [1.29, 1.82) is 0 Å². The lowest BCUT2D eigenvalue weighted by atomic mass is 10.2. The van der Waals surface area contributed by atoms with Crippen LogP contribution in [0.5, 0.6) is 5.75 Å². The summed E-state index contributed by atoms with van der Waals surface area (Å²) in [5.74, 6) is -0.294. The van der Waals surface area contributed by atoms with Crippen LogP contribution in [-0.4, -0.2) is 18.4 Å². The molecule has 0 bridgehead atoms. The van der Waals surface area contributed by atoms with E-state index >= 15 is 0 Å². The summed E-state index contributed by atoms with van der Waals surface area (Å²) in [5.41, 5.74) is 1.44. The van der Waals surface area contributed by atoms with Gasteiger partial charge in [-0.25, -0.2) is 0 Å². The molecule has 0 unspecified atom stereocenters. The molecule has 0 aromatic heterocycles. The number of nitrogens with one attached hydrogen (secondary N) is 2. The van der Waals surface area contributed by atoms with Crippen LogP contribution in [-0.2, 0) is 4.79 Å². The fourth-order valence-corrected chi connectivity index (χ4v) is 3.36. The highest BCUT2D eigenvalue weighted by Gasteiger charge is 2.10. The molecule has 148 valence electrons. The van der Waals surface area contributed by atoms with Gasteiger partial charge in [0.15, 0.2) is 6.61 Å². The molecule has 2 N–H and O–H groups in total. The number of halogens is 3. The molecule has 0 fully saturated rings. The first-order valence-electron chi connectivity index (χ1n) is 8.45. The van der Waals surface area contributed by atoms with Gasteiger partial charge in [0.05, 0.1) is 5.02 Å². The zero-order valence-corrected chi connectivity index (χ0v) is 18.0. The number of ether oxygens (including phenoxy) is 1. The summed E-state index contributed by atoms with van der Waals surface area (Å²) < 4.78 is 6.25. The van der Waals surface area contributed by atoms with E-state index < -0.39 is 0 Å². The normalized spacial score (nSPS) is 10.3. The molecule has 29 heavy (non-hydrogen) atoms. The molecule has 5 nitrogen and oxygen atoms in total. The van der Waals surface area contributed by atoms with Crippen LogP contribution in [0.4, 0.5) is 11.4 Å². The third kappa shape index (κ3) is 6.22. The highest BCUT2D eigenvalue weighted by molar-refractivity contribution is 9.10. The smallest absolute Gasteiger partial charge is 0.262 e. The summed E-state index contributed by atoms with van der Waals surface area (Å²) >= 11 is 15.3. The summed E-state index contributed by atoms with van der Waals surface area (Å²) in [6.45, 7) is -0.222. The maximum absolute atomic E-state index is 12.4. The van der Waals surface area contributed by atoms with Crippen LogP contribution in [0.2, 0.25) is 10.0 Å². The molecule has 3 rings (SSSR count). The highest BCUT2D eigenvalue weighted by atomic mass is 79.9. The van der Waals surface area contributed by atoms with Crippen molar-refractivity contribution in [3.05, 3.63) is 86.8 Å². The van der Waals surface area contributed by atoms with Gasteiger partial charge in [0.1, 0.15) is 5.75 Å². The molecule has 0 radical (unpaired) electrons. The van der Waals surface area contributed by atoms with E-state index in [1.807, 2.05) is 0 Å². The van der Waals surface area contributed by atoms with Crippen molar-refractivity contribution in [1.82, 2.24) is 0 Å². The van der Waals surface area contributed by atoms with Crippen molar-refractivity contribution in [3.63, 3.8) is 0 Å². The SMILES string of the molecule is O=C(COc1ccc(Br)cc1Cl)Nc1cccc(C(=O)Nc2cccc(Cl)c2)c1. The van der Waals surface area contributed by atoms with Gasteiger partial charge in [-0.2, -0.15) is 0 Å². The van der Waals surface area contributed by atoms with Gasteiger partial charge >= 0.3 is 0 Å². The van der Waals surface area contributed by atoms with E-state index in [9.17, 15) is 9.59 Å². The van der Waals surface area contributed by atoms with E-state index in [2.05, 4.69) is 26.6 Å². The van der Waals surface area contributed by atoms with Crippen LogP contribution in [0, 0.1) is 0 Å². The predicted molar refractivity (Wildman–Crippen MR) is 119 cm³/mol. The van der Waals surface area contributed by atoms with Crippen LogP contribution in [0.1, 0.15) is 10.4 Å². The van der Waals surface area contributed by atoms with Crippen molar-refractivity contribution in [3.8, 4) is 5.75 Å². The van der Waals surface area contributed by atoms with E-state index in [0.717, 1.165) is 4.47 Å². The van der Waals surface area contributed by atoms with Gasteiger partial charge in [0, 0.05) is 26.4 Å². The zero-order valence-electron chi connectivity index (χ0n) is 14.9. The number of amides is 2. The fourth-order valence-electron chi connectivity index (χ4n) is 2.44. The minimum Gasteiger partial charge on any atom is -0.482 e. The summed E-state index contributed by atoms with van der Waals surface area (Å²) in [6.07, 6.45) is 0. The quantitative estimate of drug-likeness (QED) is 0.440. The molecule has 2 amide bonds. The molecule has 3 aromatic rings. The van der Waals surface area contributed by atoms with Crippen LogP contribution in [0.15, 0.2) is 71.2 Å². The topological polar surface area (TPSA) is 67.4 Å². The Bertz CT molecular complexity index is 1060. The Labute approximate surface area is 186 Å². The predicted octanol–water partition coefficient (Wildman–Crippen LogP) is 6.03. The first kappa shape index (κ1) is 21.2. The largest absolute Gasteiger partial charge is 0.482 e. The zero-order chi connectivity index (χ0) is 20.8. The maximum Gasteiger partial charge on any atom is 0.262 e.